The molecule has 3 N–H and O–H groups in total. The molecule has 0 amide bonds. The van der Waals surface area contributed by atoms with E-state index in [4.69, 9.17) is 18.0 Å². The first-order chi connectivity index (χ1) is 8.49. The largest absolute Gasteiger partial charge is 0.389 e. The number of thiocarbonyl (C=S) groups is 1. The molecule has 0 aliphatic carbocycles. The number of benzene rings is 1. The van der Waals surface area contributed by atoms with Gasteiger partial charge in [-0.2, -0.15) is 0 Å². The molecule has 1 heterocycles. The van der Waals surface area contributed by atoms with E-state index in [2.05, 4.69) is 4.72 Å². The maximum atomic E-state index is 12.1. The van der Waals surface area contributed by atoms with E-state index < -0.39 is 10.0 Å². The van der Waals surface area contributed by atoms with E-state index in [1.165, 1.54) is 6.07 Å². The van der Waals surface area contributed by atoms with Gasteiger partial charge in [-0.25, -0.2) is 8.42 Å². The summed E-state index contributed by atoms with van der Waals surface area (Å²) >= 11 is 5.85. The first kappa shape index (κ1) is 13.0. The van der Waals surface area contributed by atoms with Crippen LogP contribution in [0.5, 0.6) is 0 Å². The van der Waals surface area contributed by atoms with Crippen LogP contribution in [0.2, 0.25) is 0 Å². The maximum absolute atomic E-state index is 12.1. The van der Waals surface area contributed by atoms with E-state index in [0.29, 0.717) is 10.6 Å². The molecule has 0 radical (unpaired) electrons. The fourth-order valence-corrected chi connectivity index (χ4v) is 3.72. The number of anilines is 1. The highest BCUT2D eigenvalue weighted by atomic mass is 32.2. The molecule has 18 heavy (non-hydrogen) atoms. The third kappa shape index (κ3) is 2.87. The van der Waals surface area contributed by atoms with Gasteiger partial charge in [-0.05, 0) is 24.3 Å². The average Bonchev–Trinajstić information content (AvgIpc) is 2.79. The molecular weight excluding hydrogens is 288 g/mol. The number of hydrogen-bond donors (Lipinski definition) is 2. The molecule has 0 saturated heterocycles. The molecule has 0 spiro atoms. The van der Waals surface area contributed by atoms with Crippen LogP contribution >= 0.6 is 23.6 Å². The van der Waals surface area contributed by atoms with Crippen molar-refractivity contribution in [2.45, 2.75) is 4.21 Å². The van der Waals surface area contributed by atoms with Crippen molar-refractivity contribution in [2.24, 2.45) is 5.73 Å². The third-order valence-electron chi connectivity index (χ3n) is 2.12. The van der Waals surface area contributed by atoms with Gasteiger partial charge in [0.1, 0.15) is 9.20 Å². The van der Waals surface area contributed by atoms with Gasteiger partial charge in [0.15, 0.2) is 0 Å². The van der Waals surface area contributed by atoms with Gasteiger partial charge >= 0.3 is 0 Å². The average molecular weight is 298 g/mol. The predicted octanol–water partition coefficient (Wildman–Crippen LogP) is 2.18. The van der Waals surface area contributed by atoms with Gasteiger partial charge in [0.25, 0.3) is 10.0 Å². The van der Waals surface area contributed by atoms with Crippen molar-refractivity contribution < 1.29 is 8.42 Å². The standard InChI is InChI=1S/C11H10N2O2S3/c12-11(16)9-6-7-10(17-9)18(14,15)13-8-4-2-1-3-5-8/h1-7,13H,(H2,12,16). The van der Waals surface area contributed by atoms with Gasteiger partial charge in [0.05, 0.1) is 4.88 Å². The monoisotopic (exact) mass is 298 g/mol. The van der Waals surface area contributed by atoms with Gasteiger partial charge in [0, 0.05) is 5.69 Å². The molecule has 0 fully saturated rings. The van der Waals surface area contributed by atoms with E-state index in [1.807, 2.05) is 6.07 Å². The Morgan fingerprint density at radius 3 is 2.39 bits per heavy atom. The predicted molar refractivity (Wildman–Crippen MR) is 77.5 cm³/mol. The van der Waals surface area contributed by atoms with Crippen LogP contribution in [-0.2, 0) is 10.0 Å². The lowest BCUT2D eigenvalue weighted by molar-refractivity contribution is 0.603. The molecule has 0 aliphatic heterocycles. The molecule has 4 nitrogen and oxygen atoms in total. The minimum absolute atomic E-state index is 0.189. The Balaban J connectivity index is 2.28. The zero-order valence-electron chi connectivity index (χ0n) is 9.16. The van der Waals surface area contributed by atoms with Crippen molar-refractivity contribution in [1.82, 2.24) is 0 Å². The van der Waals surface area contributed by atoms with Crippen LogP contribution in [0.25, 0.3) is 0 Å². The van der Waals surface area contributed by atoms with Crippen molar-refractivity contribution in [3.8, 4) is 0 Å². The quantitative estimate of drug-likeness (QED) is 0.849. The number of thiophene rings is 1. The molecule has 2 aromatic rings. The minimum Gasteiger partial charge on any atom is -0.389 e. The fourth-order valence-electron chi connectivity index (χ4n) is 1.31. The zero-order chi connectivity index (χ0) is 13.2. The van der Waals surface area contributed by atoms with E-state index in [1.54, 1.807) is 30.3 Å². The summed E-state index contributed by atoms with van der Waals surface area (Å²) in [6.07, 6.45) is 0. The molecule has 1 aromatic carbocycles. The van der Waals surface area contributed by atoms with Crippen molar-refractivity contribution in [3.63, 3.8) is 0 Å². The molecular formula is C11H10N2O2S3. The fraction of sp³-hybridized carbons (Fsp3) is 0. The summed E-state index contributed by atoms with van der Waals surface area (Å²) in [4.78, 5) is 0.777. The van der Waals surface area contributed by atoms with Gasteiger partial charge in [-0.1, -0.05) is 30.4 Å². The topological polar surface area (TPSA) is 72.2 Å². The lowest BCUT2D eigenvalue weighted by Gasteiger charge is -2.05. The first-order valence-corrected chi connectivity index (χ1v) is 7.67. The lowest BCUT2D eigenvalue weighted by Crippen LogP contribution is -2.11. The number of sulfonamides is 1. The Kier molecular flexibility index (Phi) is 3.65. The molecule has 0 unspecified atom stereocenters. The molecule has 94 valence electrons. The highest BCUT2D eigenvalue weighted by Gasteiger charge is 2.17. The number of para-hydroxylation sites is 1. The van der Waals surface area contributed by atoms with E-state index in [9.17, 15) is 8.42 Å². The van der Waals surface area contributed by atoms with Gasteiger partial charge < -0.3 is 5.73 Å². The van der Waals surface area contributed by atoms with E-state index in [0.717, 1.165) is 11.3 Å². The van der Waals surface area contributed by atoms with Crippen LogP contribution in [0.4, 0.5) is 5.69 Å². The summed E-state index contributed by atoms with van der Waals surface area (Å²) in [5.74, 6) is 0. The van der Waals surface area contributed by atoms with Crippen LogP contribution in [0.1, 0.15) is 4.88 Å². The maximum Gasteiger partial charge on any atom is 0.271 e. The van der Waals surface area contributed by atoms with Crippen LogP contribution in [-0.4, -0.2) is 13.4 Å². The van der Waals surface area contributed by atoms with Crippen molar-refractivity contribution in [3.05, 3.63) is 47.3 Å². The second-order valence-corrected chi connectivity index (χ2v) is 6.89. The summed E-state index contributed by atoms with van der Waals surface area (Å²) in [6, 6.07) is 11.8. The Labute approximate surface area is 115 Å². The Morgan fingerprint density at radius 2 is 1.83 bits per heavy atom. The van der Waals surface area contributed by atoms with Crippen molar-refractivity contribution >= 4 is 44.3 Å². The number of nitrogens with two attached hydrogens (primary N) is 1. The lowest BCUT2D eigenvalue weighted by atomic mass is 10.3. The molecule has 0 saturated carbocycles. The van der Waals surface area contributed by atoms with Crippen LogP contribution in [0, 0.1) is 0 Å². The summed E-state index contributed by atoms with van der Waals surface area (Å²) in [5.41, 5.74) is 5.97. The smallest absolute Gasteiger partial charge is 0.271 e. The van der Waals surface area contributed by atoms with E-state index in [-0.39, 0.29) is 9.20 Å². The normalized spacial score (nSPS) is 11.1. The SMILES string of the molecule is NC(=S)c1ccc(S(=O)(=O)Nc2ccccc2)s1. The molecule has 0 aliphatic rings. The number of rotatable bonds is 4. The third-order valence-corrected chi connectivity index (χ3v) is 5.46. The molecule has 0 bridgehead atoms. The Bertz CT molecular complexity index is 663. The summed E-state index contributed by atoms with van der Waals surface area (Å²) in [5, 5.41) is 0. The van der Waals surface area contributed by atoms with Crippen LogP contribution in [0.3, 0.4) is 0 Å². The highest BCUT2D eigenvalue weighted by Crippen LogP contribution is 2.23. The molecule has 1 aromatic heterocycles. The van der Waals surface area contributed by atoms with Crippen molar-refractivity contribution in [1.29, 1.82) is 0 Å². The second kappa shape index (κ2) is 5.05. The number of nitrogens with one attached hydrogen (secondary N) is 1. The molecule has 7 heteroatoms. The van der Waals surface area contributed by atoms with Crippen molar-refractivity contribution in [2.75, 3.05) is 4.72 Å². The van der Waals surface area contributed by atoms with Gasteiger partial charge in [-0.15, -0.1) is 11.3 Å². The molecule has 2 rings (SSSR count). The van der Waals surface area contributed by atoms with Crippen LogP contribution < -0.4 is 10.5 Å². The number of hydrogen-bond acceptors (Lipinski definition) is 4. The summed E-state index contributed by atoms with van der Waals surface area (Å²) in [6.45, 7) is 0. The second-order valence-electron chi connectivity index (χ2n) is 3.45. The highest BCUT2D eigenvalue weighted by molar-refractivity contribution is 7.94. The van der Waals surface area contributed by atoms with Gasteiger partial charge in [0.2, 0.25) is 0 Å². The van der Waals surface area contributed by atoms with Crippen LogP contribution in [0.15, 0.2) is 46.7 Å². The summed E-state index contributed by atoms with van der Waals surface area (Å²) in [7, 11) is -3.57. The Morgan fingerprint density at radius 1 is 1.17 bits per heavy atom. The first-order valence-electron chi connectivity index (χ1n) is 4.96. The Hall–Kier alpha value is -1.44. The van der Waals surface area contributed by atoms with Gasteiger partial charge in [-0.3, -0.25) is 4.72 Å². The molecule has 0 atom stereocenters. The van der Waals surface area contributed by atoms with E-state index >= 15 is 0 Å². The summed E-state index contributed by atoms with van der Waals surface area (Å²) < 4.78 is 26.8. The minimum atomic E-state index is -3.57. The zero-order valence-corrected chi connectivity index (χ0v) is 11.6.